The Morgan fingerprint density at radius 2 is 2.00 bits per heavy atom. The fourth-order valence-electron chi connectivity index (χ4n) is 3.72. The van der Waals surface area contributed by atoms with Crippen LogP contribution in [0, 0.1) is 11.8 Å². The monoisotopic (exact) mass is 391 g/mol. The van der Waals surface area contributed by atoms with Gasteiger partial charge in [0.2, 0.25) is 5.91 Å². The average molecular weight is 392 g/mol. The molecular formula is C20H29N3O3S. The van der Waals surface area contributed by atoms with Crippen LogP contribution >= 0.6 is 12.2 Å². The first kappa shape index (κ1) is 19.7. The number of para-hydroxylation sites is 1. The van der Waals surface area contributed by atoms with Gasteiger partial charge in [-0.15, -0.1) is 0 Å². The van der Waals surface area contributed by atoms with Gasteiger partial charge in [0.05, 0.1) is 20.1 Å². The normalized spacial score (nSPS) is 21.7. The van der Waals surface area contributed by atoms with Crippen molar-refractivity contribution in [3.05, 3.63) is 23.8 Å². The number of likely N-dealkylation sites (tertiary alicyclic amines) is 1. The van der Waals surface area contributed by atoms with Crippen molar-refractivity contribution in [1.82, 2.24) is 15.5 Å². The second kappa shape index (κ2) is 8.78. The summed E-state index contributed by atoms with van der Waals surface area (Å²) in [5.74, 6) is 1.94. The molecule has 1 aromatic rings. The molecule has 1 amide bonds. The van der Waals surface area contributed by atoms with Crippen molar-refractivity contribution in [2.24, 2.45) is 11.8 Å². The second-order valence-electron chi connectivity index (χ2n) is 7.22. The molecule has 2 atom stereocenters. The number of hydrogen-bond acceptors (Lipinski definition) is 4. The molecule has 2 fully saturated rings. The number of carbonyl (C=O) groups is 1. The summed E-state index contributed by atoms with van der Waals surface area (Å²) in [6.07, 6.45) is 2.43. The summed E-state index contributed by atoms with van der Waals surface area (Å²) in [4.78, 5) is 15.1. The smallest absolute Gasteiger partial charge is 0.225 e. The first-order valence-corrected chi connectivity index (χ1v) is 10.0. The number of methoxy groups -OCH3 is 2. The number of amides is 1. The maximum Gasteiger partial charge on any atom is 0.225 e. The van der Waals surface area contributed by atoms with Crippen LogP contribution < -0.4 is 20.1 Å². The largest absolute Gasteiger partial charge is 0.493 e. The van der Waals surface area contributed by atoms with Gasteiger partial charge in [0, 0.05) is 37.7 Å². The predicted molar refractivity (Wildman–Crippen MR) is 109 cm³/mol. The van der Waals surface area contributed by atoms with Crippen LogP contribution in [0.15, 0.2) is 18.2 Å². The number of nitrogens with one attached hydrogen (secondary N) is 2. The summed E-state index contributed by atoms with van der Waals surface area (Å²) in [5, 5.41) is 7.04. The Morgan fingerprint density at radius 3 is 2.63 bits per heavy atom. The van der Waals surface area contributed by atoms with E-state index in [0.29, 0.717) is 35.6 Å². The van der Waals surface area contributed by atoms with Crippen molar-refractivity contribution in [2.75, 3.05) is 40.4 Å². The van der Waals surface area contributed by atoms with Gasteiger partial charge in [-0.2, -0.15) is 0 Å². The molecule has 0 bridgehead atoms. The first-order chi connectivity index (χ1) is 13.1. The molecule has 1 heterocycles. The third-order valence-corrected chi connectivity index (χ3v) is 5.77. The molecule has 1 aliphatic carbocycles. The molecule has 0 aromatic heterocycles. The van der Waals surface area contributed by atoms with E-state index in [1.807, 2.05) is 25.1 Å². The van der Waals surface area contributed by atoms with E-state index in [2.05, 4.69) is 15.5 Å². The molecule has 148 valence electrons. The summed E-state index contributed by atoms with van der Waals surface area (Å²) in [6.45, 7) is 4.84. The standard InChI is InChI=1S/C20H29N3O3S/c1-4-21-20(27)23-11-15(14-6-5-7-17(25-2)18(14)26-3)16(12-23)19(24)22-10-13-8-9-13/h5-7,13,15-16H,4,8-12H2,1-3H3,(H,21,27)(H,22,24)/t15-,16+/m1/s1. The SMILES string of the molecule is CCNC(=S)N1C[C@H](C(=O)NCC2CC2)[C@@H](c2cccc(OC)c2OC)C1. The summed E-state index contributed by atoms with van der Waals surface area (Å²) < 4.78 is 11.1. The number of ether oxygens (including phenoxy) is 2. The van der Waals surface area contributed by atoms with Crippen LogP contribution in [-0.4, -0.2) is 56.3 Å². The highest BCUT2D eigenvalue weighted by Crippen LogP contribution is 2.42. The molecule has 1 aliphatic heterocycles. The highest BCUT2D eigenvalue weighted by molar-refractivity contribution is 7.80. The molecule has 7 heteroatoms. The second-order valence-corrected chi connectivity index (χ2v) is 7.61. The highest BCUT2D eigenvalue weighted by atomic mass is 32.1. The zero-order valence-corrected chi connectivity index (χ0v) is 17.1. The maximum atomic E-state index is 13.0. The van der Waals surface area contributed by atoms with Crippen LogP contribution in [0.3, 0.4) is 0 Å². The van der Waals surface area contributed by atoms with Gasteiger partial charge < -0.3 is 25.0 Å². The van der Waals surface area contributed by atoms with Crippen molar-refractivity contribution in [1.29, 1.82) is 0 Å². The van der Waals surface area contributed by atoms with E-state index in [9.17, 15) is 4.79 Å². The Hall–Kier alpha value is -2.02. The van der Waals surface area contributed by atoms with E-state index < -0.39 is 0 Å². The Bertz CT molecular complexity index is 693. The van der Waals surface area contributed by atoms with Crippen molar-refractivity contribution in [3.63, 3.8) is 0 Å². The van der Waals surface area contributed by atoms with Gasteiger partial charge in [0.15, 0.2) is 16.6 Å². The van der Waals surface area contributed by atoms with Crippen molar-refractivity contribution >= 4 is 23.2 Å². The molecule has 0 radical (unpaired) electrons. The minimum absolute atomic E-state index is 0.00846. The van der Waals surface area contributed by atoms with Crippen LogP contribution in [0.25, 0.3) is 0 Å². The van der Waals surface area contributed by atoms with Crippen LogP contribution in [-0.2, 0) is 4.79 Å². The number of thiocarbonyl (C=S) groups is 1. The van der Waals surface area contributed by atoms with E-state index in [0.717, 1.165) is 18.7 Å². The van der Waals surface area contributed by atoms with Crippen LogP contribution in [0.2, 0.25) is 0 Å². The molecule has 1 aromatic carbocycles. The van der Waals surface area contributed by atoms with Crippen LogP contribution in [0.5, 0.6) is 11.5 Å². The molecule has 6 nitrogen and oxygen atoms in total. The topological polar surface area (TPSA) is 62.8 Å². The van der Waals surface area contributed by atoms with Crippen LogP contribution in [0.4, 0.5) is 0 Å². The third-order valence-electron chi connectivity index (χ3n) is 5.37. The fraction of sp³-hybridized carbons (Fsp3) is 0.600. The summed E-state index contributed by atoms with van der Waals surface area (Å²) in [6, 6.07) is 5.84. The Kier molecular flexibility index (Phi) is 6.42. The first-order valence-electron chi connectivity index (χ1n) is 9.60. The number of carbonyl (C=O) groups excluding carboxylic acids is 1. The molecule has 2 N–H and O–H groups in total. The number of hydrogen-bond donors (Lipinski definition) is 2. The highest BCUT2D eigenvalue weighted by Gasteiger charge is 2.41. The summed E-state index contributed by atoms with van der Waals surface area (Å²) in [7, 11) is 3.27. The van der Waals surface area contributed by atoms with Gasteiger partial charge in [-0.25, -0.2) is 0 Å². The van der Waals surface area contributed by atoms with E-state index in [-0.39, 0.29) is 17.7 Å². The van der Waals surface area contributed by atoms with E-state index in [1.165, 1.54) is 12.8 Å². The van der Waals surface area contributed by atoms with Gasteiger partial charge in [-0.3, -0.25) is 4.79 Å². The minimum atomic E-state index is -0.179. The van der Waals surface area contributed by atoms with Crippen molar-refractivity contribution in [2.45, 2.75) is 25.7 Å². The zero-order valence-electron chi connectivity index (χ0n) is 16.3. The number of benzene rings is 1. The lowest BCUT2D eigenvalue weighted by Crippen LogP contribution is -2.40. The minimum Gasteiger partial charge on any atom is -0.493 e. The molecule has 1 saturated heterocycles. The van der Waals surface area contributed by atoms with Crippen molar-refractivity contribution < 1.29 is 14.3 Å². The molecule has 2 aliphatic rings. The zero-order chi connectivity index (χ0) is 19.4. The van der Waals surface area contributed by atoms with Gasteiger partial charge in [0.25, 0.3) is 0 Å². The molecule has 0 spiro atoms. The molecular weight excluding hydrogens is 362 g/mol. The predicted octanol–water partition coefficient (Wildman–Crippen LogP) is 2.14. The van der Waals surface area contributed by atoms with Gasteiger partial charge in [0.1, 0.15) is 0 Å². The van der Waals surface area contributed by atoms with Gasteiger partial charge >= 0.3 is 0 Å². The van der Waals surface area contributed by atoms with Gasteiger partial charge in [-0.05, 0) is 44.0 Å². The third kappa shape index (κ3) is 4.46. The van der Waals surface area contributed by atoms with E-state index in [4.69, 9.17) is 21.7 Å². The summed E-state index contributed by atoms with van der Waals surface area (Å²) >= 11 is 5.51. The lowest BCUT2D eigenvalue weighted by atomic mass is 9.87. The van der Waals surface area contributed by atoms with Gasteiger partial charge in [-0.1, -0.05) is 12.1 Å². The lowest BCUT2D eigenvalue weighted by Gasteiger charge is -2.22. The Morgan fingerprint density at radius 1 is 1.22 bits per heavy atom. The average Bonchev–Trinajstić information content (AvgIpc) is 3.41. The Balaban J connectivity index is 1.86. The fourth-order valence-corrected chi connectivity index (χ4v) is 4.01. The summed E-state index contributed by atoms with van der Waals surface area (Å²) in [5.41, 5.74) is 0.991. The quantitative estimate of drug-likeness (QED) is 0.695. The van der Waals surface area contributed by atoms with E-state index >= 15 is 0 Å². The number of rotatable bonds is 7. The molecule has 0 unspecified atom stereocenters. The van der Waals surface area contributed by atoms with Crippen molar-refractivity contribution in [3.8, 4) is 11.5 Å². The molecule has 27 heavy (non-hydrogen) atoms. The maximum absolute atomic E-state index is 13.0. The van der Waals surface area contributed by atoms with Crippen LogP contribution in [0.1, 0.15) is 31.2 Å². The Labute approximate surface area is 166 Å². The lowest BCUT2D eigenvalue weighted by molar-refractivity contribution is -0.125. The molecule has 1 saturated carbocycles. The number of nitrogens with zero attached hydrogens (tertiary/aromatic N) is 1. The van der Waals surface area contributed by atoms with E-state index in [1.54, 1.807) is 14.2 Å². The molecule has 3 rings (SSSR count).